The Balaban J connectivity index is 2.26. The predicted octanol–water partition coefficient (Wildman–Crippen LogP) is 4.09. The molecular weight excluding hydrogens is 268 g/mol. The SMILES string of the molecule is Cc1cc(O)ccc1NC(C)c1ccc(C)c([N+](=O)[O-])c1. The molecule has 0 bridgehead atoms. The number of rotatable bonds is 4. The molecule has 0 aliphatic carbocycles. The zero-order valence-electron chi connectivity index (χ0n) is 12.3. The molecule has 0 saturated carbocycles. The second-order valence-electron chi connectivity index (χ2n) is 5.17. The highest BCUT2D eigenvalue weighted by atomic mass is 16.6. The molecule has 0 fully saturated rings. The van der Waals surface area contributed by atoms with Gasteiger partial charge in [0.1, 0.15) is 5.75 Å². The van der Waals surface area contributed by atoms with Crippen molar-refractivity contribution in [3.63, 3.8) is 0 Å². The lowest BCUT2D eigenvalue weighted by Crippen LogP contribution is -2.08. The number of nitro benzene ring substituents is 1. The van der Waals surface area contributed by atoms with E-state index in [0.29, 0.717) is 5.56 Å². The molecule has 0 heterocycles. The zero-order chi connectivity index (χ0) is 15.6. The summed E-state index contributed by atoms with van der Waals surface area (Å²) in [5.41, 5.74) is 3.44. The van der Waals surface area contributed by atoms with Gasteiger partial charge in [0.25, 0.3) is 5.69 Å². The first-order chi connectivity index (χ1) is 9.88. The third-order valence-corrected chi connectivity index (χ3v) is 3.51. The molecule has 2 rings (SSSR count). The van der Waals surface area contributed by atoms with Crippen molar-refractivity contribution in [3.05, 3.63) is 63.2 Å². The Hall–Kier alpha value is -2.56. The third-order valence-electron chi connectivity index (χ3n) is 3.51. The fourth-order valence-corrected chi connectivity index (χ4v) is 2.22. The molecule has 1 unspecified atom stereocenters. The average Bonchev–Trinajstić information content (AvgIpc) is 2.42. The van der Waals surface area contributed by atoms with Crippen LogP contribution in [0.15, 0.2) is 36.4 Å². The van der Waals surface area contributed by atoms with E-state index in [2.05, 4.69) is 5.32 Å². The topological polar surface area (TPSA) is 75.4 Å². The van der Waals surface area contributed by atoms with Gasteiger partial charge in [-0.15, -0.1) is 0 Å². The summed E-state index contributed by atoms with van der Waals surface area (Å²) in [6, 6.07) is 10.2. The highest BCUT2D eigenvalue weighted by molar-refractivity contribution is 5.55. The standard InChI is InChI=1S/C16H18N2O3/c1-10-4-5-13(9-16(10)18(20)21)12(3)17-15-7-6-14(19)8-11(15)2/h4-9,12,17,19H,1-3H3. The van der Waals surface area contributed by atoms with E-state index in [4.69, 9.17) is 0 Å². The first-order valence-electron chi connectivity index (χ1n) is 6.69. The van der Waals surface area contributed by atoms with Gasteiger partial charge in [-0.2, -0.15) is 0 Å². The lowest BCUT2D eigenvalue weighted by atomic mass is 10.0. The molecule has 21 heavy (non-hydrogen) atoms. The van der Waals surface area contributed by atoms with Crippen molar-refractivity contribution in [2.45, 2.75) is 26.8 Å². The molecule has 0 spiro atoms. The van der Waals surface area contributed by atoms with Gasteiger partial charge in [0.05, 0.1) is 4.92 Å². The molecule has 1 atom stereocenters. The fraction of sp³-hybridized carbons (Fsp3) is 0.250. The number of phenols is 1. The van der Waals surface area contributed by atoms with Crippen molar-refractivity contribution in [2.24, 2.45) is 0 Å². The summed E-state index contributed by atoms with van der Waals surface area (Å²) in [6.07, 6.45) is 0. The quantitative estimate of drug-likeness (QED) is 0.504. The number of nitrogens with zero attached hydrogens (tertiary/aromatic N) is 1. The van der Waals surface area contributed by atoms with Crippen molar-refractivity contribution < 1.29 is 10.0 Å². The van der Waals surface area contributed by atoms with Crippen LogP contribution in [-0.2, 0) is 0 Å². The molecule has 5 nitrogen and oxygen atoms in total. The van der Waals surface area contributed by atoms with Crippen molar-refractivity contribution in [1.29, 1.82) is 0 Å². The minimum atomic E-state index is -0.364. The number of anilines is 1. The summed E-state index contributed by atoms with van der Waals surface area (Å²) in [4.78, 5) is 10.6. The Kier molecular flexibility index (Phi) is 4.12. The number of phenolic OH excluding ortho intramolecular Hbond substituents is 1. The molecule has 0 amide bonds. The zero-order valence-corrected chi connectivity index (χ0v) is 12.3. The Morgan fingerprint density at radius 3 is 2.48 bits per heavy atom. The van der Waals surface area contributed by atoms with Crippen LogP contribution in [0.3, 0.4) is 0 Å². The van der Waals surface area contributed by atoms with Crippen LogP contribution < -0.4 is 5.32 Å². The monoisotopic (exact) mass is 286 g/mol. The van der Waals surface area contributed by atoms with Gasteiger partial charge in [-0.25, -0.2) is 0 Å². The van der Waals surface area contributed by atoms with E-state index < -0.39 is 0 Å². The minimum Gasteiger partial charge on any atom is -0.508 e. The number of nitro groups is 1. The summed E-state index contributed by atoms with van der Waals surface area (Å²) in [5.74, 6) is 0.219. The van der Waals surface area contributed by atoms with Crippen LogP contribution in [0.25, 0.3) is 0 Å². The predicted molar refractivity (Wildman–Crippen MR) is 82.7 cm³/mol. The molecule has 0 radical (unpaired) electrons. The lowest BCUT2D eigenvalue weighted by Gasteiger charge is -2.18. The minimum absolute atomic E-state index is 0.0763. The van der Waals surface area contributed by atoms with Crippen molar-refractivity contribution in [1.82, 2.24) is 0 Å². The van der Waals surface area contributed by atoms with E-state index >= 15 is 0 Å². The molecule has 2 aromatic rings. The Morgan fingerprint density at radius 2 is 1.86 bits per heavy atom. The highest BCUT2D eigenvalue weighted by Gasteiger charge is 2.14. The van der Waals surface area contributed by atoms with Gasteiger partial charge in [-0.05, 0) is 50.1 Å². The largest absolute Gasteiger partial charge is 0.508 e. The molecule has 0 saturated heterocycles. The van der Waals surface area contributed by atoms with E-state index in [1.54, 1.807) is 37.3 Å². The van der Waals surface area contributed by atoms with Gasteiger partial charge in [0.2, 0.25) is 0 Å². The van der Waals surface area contributed by atoms with Gasteiger partial charge in [-0.1, -0.05) is 12.1 Å². The summed E-state index contributed by atoms with van der Waals surface area (Å²) < 4.78 is 0. The van der Waals surface area contributed by atoms with Crippen molar-refractivity contribution >= 4 is 11.4 Å². The number of nitrogens with one attached hydrogen (secondary N) is 1. The van der Waals surface area contributed by atoms with Crippen LogP contribution in [0.2, 0.25) is 0 Å². The normalized spacial score (nSPS) is 12.0. The van der Waals surface area contributed by atoms with Gasteiger partial charge in [0.15, 0.2) is 0 Å². The van der Waals surface area contributed by atoms with Gasteiger partial charge in [-0.3, -0.25) is 10.1 Å². The maximum atomic E-state index is 11.0. The summed E-state index contributed by atoms with van der Waals surface area (Å²) in [7, 11) is 0. The Bertz CT molecular complexity index is 683. The molecule has 0 aliphatic heterocycles. The fourth-order valence-electron chi connectivity index (χ4n) is 2.22. The van der Waals surface area contributed by atoms with Crippen molar-refractivity contribution in [3.8, 4) is 5.75 Å². The Labute approximate surface area is 123 Å². The number of aromatic hydroxyl groups is 1. The molecule has 0 aromatic heterocycles. The third kappa shape index (κ3) is 3.31. The van der Waals surface area contributed by atoms with Crippen LogP contribution >= 0.6 is 0 Å². The first kappa shape index (κ1) is 14.8. The maximum absolute atomic E-state index is 11.0. The van der Waals surface area contributed by atoms with Gasteiger partial charge in [0, 0.05) is 23.4 Å². The van der Waals surface area contributed by atoms with E-state index in [9.17, 15) is 15.2 Å². The second-order valence-corrected chi connectivity index (χ2v) is 5.17. The molecule has 2 N–H and O–H groups in total. The molecule has 110 valence electrons. The summed E-state index contributed by atoms with van der Waals surface area (Å²) in [5, 5.41) is 23.7. The first-order valence-corrected chi connectivity index (χ1v) is 6.69. The molecule has 2 aromatic carbocycles. The number of hydrogen-bond acceptors (Lipinski definition) is 4. The van der Waals surface area contributed by atoms with E-state index in [0.717, 1.165) is 16.8 Å². The number of aryl methyl sites for hydroxylation is 2. The van der Waals surface area contributed by atoms with Crippen LogP contribution in [0.5, 0.6) is 5.75 Å². The highest BCUT2D eigenvalue weighted by Crippen LogP contribution is 2.28. The van der Waals surface area contributed by atoms with Crippen LogP contribution in [-0.4, -0.2) is 10.0 Å². The maximum Gasteiger partial charge on any atom is 0.272 e. The van der Waals surface area contributed by atoms with Gasteiger partial charge < -0.3 is 10.4 Å². The summed E-state index contributed by atoms with van der Waals surface area (Å²) in [6.45, 7) is 5.57. The molecule has 5 heteroatoms. The van der Waals surface area contributed by atoms with Gasteiger partial charge >= 0.3 is 0 Å². The van der Waals surface area contributed by atoms with Crippen LogP contribution in [0, 0.1) is 24.0 Å². The van der Waals surface area contributed by atoms with Crippen molar-refractivity contribution in [2.75, 3.05) is 5.32 Å². The summed E-state index contributed by atoms with van der Waals surface area (Å²) >= 11 is 0. The lowest BCUT2D eigenvalue weighted by molar-refractivity contribution is -0.385. The van der Waals surface area contributed by atoms with E-state index in [-0.39, 0.29) is 22.4 Å². The van der Waals surface area contributed by atoms with E-state index in [1.165, 1.54) is 0 Å². The number of benzene rings is 2. The molecular formula is C16H18N2O3. The molecule has 0 aliphatic rings. The van der Waals surface area contributed by atoms with E-state index in [1.807, 2.05) is 19.9 Å². The smallest absolute Gasteiger partial charge is 0.272 e. The average molecular weight is 286 g/mol. The Morgan fingerprint density at radius 1 is 1.14 bits per heavy atom. The number of hydrogen-bond donors (Lipinski definition) is 2. The van der Waals surface area contributed by atoms with Crippen LogP contribution in [0.1, 0.15) is 29.7 Å². The second kappa shape index (κ2) is 5.83. The van der Waals surface area contributed by atoms with Crippen LogP contribution in [0.4, 0.5) is 11.4 Å².